The van der Waals surface area contributed by atoms with Crippen molar-refractivity contribution in [2.75, 3.05) is 19.0 Å². The molecule has 0 spiro atoms. The number of hydrogen-bond donors (Lipinski definition) is 1. The van der Waals surface area contributed by atoms with Gasteiger partial charge in [0.15, 0.2) is 11.5 Å². The first-order valence-electron chi connectivity index (χ1n) is 6.63. The Morgan fingerprint density at radius 1 is 1.27 bits per heavy atom. The molecule has 0 heterocycles. The zero-order valence-corrected chi connectivity index (χ0v) is 12.9. The van der Waals surface area contributed by atoms with Crippen LogP contribution in [0.2, 0.25) is 5.02 Å². The van der Waals surface area contributed by atoms with Gasteiger partial charge >= 0.3 is 0 Å². The van der Waals surface area contributed by atoms with Gasteiger partial charge < -0.3 is 14.8 Å². The van der Waals surface area contributed by atoms with Crippen molar-refractivity contribution in [2.45, 2.75) is 6.92 Å². The molecular formula is C16H15ClFNO3. The van der Waals surface area contributed by atoms with Gasteiger partial charge in [-0.2, -0.15) is 0 Å². The van der Waals surface area contributed by atoms with Gasteiger partial charge in [-0.1, -0.05) is 17.7 Å². The Labute approximate surface area is 132 Å². The number of ether oxygens (including phenoxy) is 2. The van der Waals surface area contributed by atoms with Gasteiger partial charge in [0.05, 0.1) is 24.3 Å². The van der Waals surface area contributed by atoms with E-state index >= 15 is 0 Å². The molecule has 0 atom stereocenters. The standard InChI is InChI=1S/C16H15ClFNO3/c1-3-22-13-8-7-10(9-14(13)21-2)19-16(20)15-11(17)5-4-6-12(15)18/h4-9H,3H2,1-2H3,(H,19,20). The summed E-state index contributed by atoms with van der Waals surface area (Å²) in [7, 11) is 1.50. The molecule has 2 aromatic carbocycles. The average Bonchev–Trinajstić information content (AvgIpc) is 2.48. The van der Waals surface area contributed by atoms with Gasteiger partial charge in [-0.15, -0.1) is 0 Å². The fourth-order valence-electron chi connectivity index (χ4n) is 1.93. The Balaban J connectivity index is 2.25. The van der Waals surface area contributed by atoms with Gasteiger partial charge in [0, 0.05) is 11.8 Å². The first kappa shape index (κ1) is 16.1. The smallest absolute Gasteiger partial charge is 0.260 e. The summed E-state index contributed by atoms with van der Waals surface area (Å²) in [6, 6.07) is 8.98. The maximum absolute atomic E-state index is 13.7. The highest BCUT2D eigenvalue weighted by Gasteiger charge is 2.16. The Kier molecular flexibility index (Phi) is 5.22. The molecule has 22 heavy (non-hydrogen) atoms. The van der Waals surface area contributed by atoms with Crippen LogP contribution < -0.4 is 14.8 Å². The normalized spacial score (nSPS) is 10.2. The van der Waals surface area contributed by atoms with E-state index in [2.05, 4.69) is 5.32 Å². The van der Waals surface area contributed by atoms with Crippen LogP contribution in [0.3, 0.4) is 0 Å². The topological polar surface area (TPSA) is 47.6 Å². The number of anilines is 1. The SMILES string of the molecule is CCOc1ccc(NC(=O)c2c(F)cccc2Cl)cc1OC. The van der Waals surface area contributed by atoms with Gasteiger partial charge in [0.1, 0.15) is 5.82 Å². The minimum absolute atomic E-state index is 0.0513. The molecule has 116 valence electrons. The molecule has 0 bridgehead atoms. The van der Waals surface area contributed by atoms with Crippen LogP contribution in [0.1, 0.15) is 17.3 Å². The fourth-order valence-corrected chi connectivity index (χ4v) is 2.18. The lowest BCUT2D eigenvalue weighted by atomic mass is 10.2. The lowest BCUT2D eigenvalue weighted by Gasteiger charge is -2.12. The zero-order valence-electron chi connectivity index (χ0n) is 12.2. The third-order valence-electron chi connectivity index (χ3n) is 2.91. The first-order chi connectivity index (χ1) is 10.6. The Morgan fingerprint density at radius 2 is 2.05 bits per heavy atom. The summed E-state index contributed by atoms with van der Waals surface area (Å²) in [6.07, 6.45) is 0. The summed E-state index contributed by atoms with van der Waals surface area (Å²) in [5.74, 6) is -0.275. The third kappa shape index (κ3) is 3.49. The molecule has 0 saturated heterocycles. The molecule has 0 aromatic heterocycles. The van der Waals surface area contributed by atoms with Crippen molar-refractivity contribution in [2.24, 2.45) is 0 Å². The zero-order chi connectivity index (χ0) is 16.1. The number of amides is 1. The van der Waals surface area contributed by atoms with E-state index in [-0.39, 0.29) is 10.6 Å². The van der Waals surface area contributed by atoms with Crippen LogP contribution in [0, 0.1) is 5.82 Å². The van der Waals surface area contributed by atoms with Crippen molar-refractivity contribution < 1.29 is 18.7 Å². The number of hydrogen-bond acceptors (Lipinski definition) is 3. The molecule has 0 unspecified atom stereocenters. The van der Waals surface area contributed by atoms with Gasteiger partial charge in [-0.3, -0.25) is 4.79 Å². The molecule has 0 aliphatic carbocycles. The molecule has 0 aliphatic rings. The van der Waals surface area contributed by atoms with E-state index in [9.17, 15) is 9.18 Å². The van der Waals surface area contributed by atoms with Gasteiger partial charge in [0.25, 0.3) is 5.91 Å². The van der Waals surface area contributed by atoms with Crippen LogP contribution in [0.5, 0.6) is 11.5 Å². The molecule has 0 saturated carbocycles. The highest BCUT2D eigenvalue weighted by Crippen LogP contribution is 2.30. The third-order valence-corrected chi connectivity index (χ3v) is 3.23. The van der Waals surface area contributed by atoms with Gasteiger partial charge in [-0.05, 0) is 31.2 Å². The van der Waals surface area contributed by atoms with E-state index in [0.717, 1.165) is 0 Å². The van der Waals surface area contributed by atoms with Crippen molar-refractivity contribution in [3.8, 4) is 11.5 Å². The quantitative estimate of drug-likeness (QED) is 0.899. The lowest BCUT2D eigenvalue weighted by molar-refractivity contribution is 0.102. The molecular weight excluding hydrogens is 309 g/mol. The summed E-state index contributed by atoms with van der Waals surface area (Å²) >= 11 is 5.87. The van der Waals surface area contributed by atoms with Crippen LogP contribution in [0.4, 0.5) is 10.1 Å². The molecule has 4 nitrogen and oxygen atoms in total. The van der Waals surface area contributed by atoms with Crippen molar-refractivity contribution in [1.29, 1.82) is 0 Å². The molecule has 0 radical (unpaired) electrons. The predicted molar refractivity (Wildman–Crippen MR) is 83.5 cm³/mol. The molecule has 2 aromatic rings. The highest BCUT2D eigenvalue weighted by atomic mass is 35.5. The molecule has 0 aliphatic heterocycles. The number of halogens is 2. The Hall–Kier alpha value is -2.27. The largest absolute Gasteiger partial charge is 0.493 e. The van der Waals surface area contributed by atoms with Gasteiger partial charge in [0.2, 0.25) is 0 Å². The van der Waals surface area contributed by atoms with E-state index in [4.69, 9.17) is 21.1 Å². The van der Waals surface area contributed by atoms with Gasteiger partial charge in [-0.25, -0.2) is 4.39 Å². The van der Waals surface area contributed by atoms with Crippen LogP contribution in [-0.2, 0) is 0 Å². The molecule has 1 N–H and O–H groups in total. The van der Waals surface area contributed by atoms with Crippen molar-refractivity contribution in [1.82, 2.24) is 0 Å². The summed E-state index contributed by atoms with van der Waals surface area (Å²) in [5.41, 5.74) is 0.252. The summed E-state index contributed by atoms with van der Waals surface area (Å²) in [5, 5.41) is 2.64. The van der Waals surface area contributed by atoms with Crippen LogP contribution in [-0.4, -0.2) is 19.6 Å². The number of benzene rings is 2. The highest BCUT2D eigenvalue weighted by molar-refractivity contribution is 6.34. The molecule has 1 amide bonds. The Morgan fingerprint density at radius 3 is 2.68 bits per heavy atom. The monoisotopic (exact) mass is 323 g/mol. The van der Waals surface area contributed by atoms with Crippen molar-refractivity contribution in [3.05, 3.63) is 52.8 Å². The van der Waals surface area contributed by atoms with Crippen LogP contribution in [0.15, 0.2) is 36.4 Å². The second-order valence-corrected chi connectivity index (χ2v) is 4.76. The number of carbonyl (C=O) groups excluding carboxylic acids is 1. The van der Waals surface area contributed by atoms with E-state index in [1.165, 1.54) is 25.3 Å². The number of methoxy groups -OCH3 is 1. The van der Waals surface area contributed by atoms with Crippen LogP contribution >= 0.6 is 11.6 Å². The predicted octanol–water partition coefficient (Wildman–Crippen LogP) is 4.14. The number of rotatable bonds is 5. The molecule has 0 fully saturated rings. The second-order valence-electron chi connectivity index (χ2n) is 4.35. The molecule has 6 heteroatoms. The second kappa shape index (κ2) is 7.13. The van der Waals surface area contributed by atoms with Crippen LogP contribution in [0.25, 0.3) is 0 Å². The lowest BCUT2D eigenvalue weighted by Crippen LogP contribution is -2.14. The maximum Gasteiger partial charge on any atom is 0.260 e. The van der Waals surface area contributed by atoms with E-state index in [1.54, 1.807) is 18.2 Å². The minimum atomic E-state index is -0.678. The summed E-state index contributed by atoms with van der Waals surface area (Å²) in [6.45, 7) is 2.35. The summed E-state index contributed by atoms with van der Waals surface area (Å²) < 4.78 is 24.3. The van der Waals surface area contributed by atoms with Crippen molar-refractivity contribution >= 4 is 23.2 Å². The molecule has 2 rings (SSSR count). The van der Waals surface area contributed by atoms with E-state index in [1.807, 2.05) is 6.92 Å². The maximum atomic E-state index is 13.7. The number of carbonyl (C=O) groups is 1. The van der Waals surface area contributed by atoms with E-state index in [0.29, 0.717) is 23.8 Å². The summed E-state index contributed by atoms with van der Waals surface area (Å²) in [4.78, 5) is 12.2. The first-order valence-corrected chi connectivity index (χ1v) is 7.00. The average molecular weight is 324 g/mol. The number of nitrogens with one attached hydrogen (secondary N) is 1. The van der Waals surface area contributed by atoms with Crippen molar-refractivity contribution in [3.63, 3.8) is 0 Å². The minimum Gasteiger partial charge on any atom is -0.493 e. The fraction of sp³-hybridized carbons (Fsp3) is 0.188. The Bertz CT molecular complexity index is 671. The van der Waals surface area contributed by atoms with E-state index < -0.39 is 11.7 Å².